The van der Waals surface area contributed by atoms with Gasteiger partial charge in [-0.2, -0.15) is 0 Å². The molecule has 4 aliphatic carbocycles. The molecule has 0 aromatic carbocycles. The van der Waals surface area contributed by atoms with Crippen LogP contribution in [0.5, 0.6) is 0 Å². The van der Waals surface area contributed by atoms with E-state index in [0.717, 1.165) is 38.5 Å². The molecule has 0 unspecified atom stereocenters. The second-order valence-electron chi connectivity index (χ2n) is 12.7. The van der Waals surface area contributed by atoms with Crippen LogP contribution in [0, 0.1) is 46.3 Å². The first-order valence-corrected chi connectivity index (χ1v) is 13.6. The van der Waals surface area contributed by atoms with Crippen molar-refractivity contribution in [2.75, 3.05) is 6.61 Å². The maximum Gasteiger partial charge on any atom is 0.328 e. The van der Waals surface area contributed by atoms with Crippen LogP contribution in [-0.2, 0) is 9.59 Å². The highest BCUT2D eigenvalue weighted by molar-refractivity contribution is 5.83. The summed E-state index contributed by atoms with van der Waals surface area (Å²) in [6.45, 7) is 6.16. The Hall–Kier alpha value is -1.22. The van der Waals surface area contributed by atoms with Gasteiger partial charge >= 0.3 is 5.97 Å². The lowest BCUT2D eigenvalue weighted by molar-refractivity contribution is -0.223. The third-order valence-corrected chi connectivity index (χ3v) is 11.1. The fourth-order valence-electron chi connectivity index (χ4n) is 9.23. The quantitative estimate of drug-likeness (QED) is 0.316. The van der Waals surface area contributed by atoms with Gasteiger partial charge in [0.1, 0.15) is 6.04 Å². The highest BCUT2D eigenvalue weighted by Crippen LogP contribution is 2.68. The molecule has 12 atom stereocenters. The minimum absolute atomic E-state index is 0.0316. The predicted molar refractivity (Wildman–Crippen MR) is 129 cm³/mol. The van der Waals surface area contributed by atoms with Crippen molar-refractivity contribution in [3.8, 4) is 0 Å². The smallest absolute Gasteiger partial charge is 0.328 e. The Labute approximate surface area is 208 Å². The summed E-state index contributed by atoms with van der Waals surface area (Å²) in [4.78, 5) is 23.4. The van der Waals surface area contributed by atoms with Gasteiger partial charge in [-0.15, -0.1) is 0 Å². The summed E-state index contributed by atoms with van der Waals surface area (Å²) >= 11 is 0. The summed E-state index contributed by atoms with van der Waals surface area (Å²) in [7, 11) is 0. The van der Waals surface area contributed by atoms with Gasteiger partial charge in [-0.1, -0.05) is 20.8 Å². The molecule has 0 aromatic rings. The zero-order valence-corrected chi connectivity index (χ0v) is 21.4. The number of rotatable bonds is 7. The van der Waals surface area contributed by atoms with Crippen LogP contribution in [0.2, 0.25) is 0 Å². The molecule has 0 saturated heterocycles. The van der Waals surface area contributed by atoms with Crippen LogP contribution < -0.4 is 5.32 Å². The zero-order valence-electron chi connectivity index (χ0n) is 21.4. The summed E-state index contributed by atoms with van der Waals surface area (Å²) in [5.41, 5.74) is -0.0249. The van der Waals surface area contributed by atoms with E-state index in [9.17, 15) is 24.9 Å². The first-order chi connectivity index (χ1) is 16.4. The molecular weight excluding hydrogens is 450 g/mol. The molecule has 4 fully saturated rings. The number of aliphatic hydroxyl groups excluding tert-OH is 4. The largest absolute Gasteiger partial charge is 0.480 e. The van der Waals surface area contributed by atoms with Crippen LogP contribution >= 0.6 is 0 Å². The maximum atomic E-state index is 12.3. The van der Waals surface area contributed by atoms with Gasteiger partial charge in [0.05, 0.1) is 24.9 Å². The van der Waals surface area contributed by atoms with Gasteiger partial charge in [0.2, 0.25) is 5.91 Å². The Kier molecular flexibility index (Phi) is 7.60. The average Bonchev–Trinajstić information content (AvgIpc) is 3.17. The third kappa shape index (κ3) is 4.53. The number of hydrogen-bond donors (Lipinski definition) is 6. The first kappa shape index (κ1) is 26.8. The fourth-order valence-corrected chi connectivity index (χ4v) is 9.23. The number of carbonyl (C=O) groups is 2. The molecule has 0 heterocycles. The highest BCUT2D eigenvalue weighted by Gasteiger charge is 2.65. The van der Waals surface area contributed by atoms with Crippen molar-refractivity contribution in [1.82, 2.24) is 5.32 Å². The van der Waals surface area contributed by atoms with Gasteiger partial charge in [0, 0.05) is 6.42 Å². The molecule has 8 heteroatoms. The number of carboxylic acids is 1. The Bertz CT molecular complexity index is 806. The summed E-state index contributed by atoms with van der Waals surface area (Å²) in [6.07, 6.45) is 5.27. The molecule has 4 saturated carbocycles. The molecule has 0 bridgehead atoms. The lowest BCUT2D eigenvalue weighted by atomic mass is 9.43. The lowest BCUT2D eigenvalue weighted by Gasteiger charge is -2.63. The Morgan fingerprint density at radius 2 is 1.60 bits per heavy atom. The number of nitrogens with one attached hydrogen (secondary N) is 1. The summed E-state index contributed by atoms with van der Waals surface area (Å²) in [5, 5.41) is 53.4. The van der Waals surface area contributed by atoms with Gasteiger partial charge in [-0.25, -0.2) is 4.79 Å². The van der Waals surface area contributed by atoms with E-state index in [1.54, 1.807) is 0 Å². The van der Waals surface area contributed by atoms with Crippen LogP contribution in [0.1, 0.15) is 78.6 Å². The van der Waals surface area contributed by atoms with E-state index in [1.807, 2.05) is 0 Å². The molecule has 0 spiro atoms. The van der Waals surface area contributed by atoms with Gasteiger partial charge in [0.15, 0.2) is 0 Å². The van der Waals surface area contributed by atoms with Crippen molar-refractivity contribution >= 4 is 11.9 Å². The van der Waals surface area contributed by atoms with E-state index in [1.165, 1.54) is 0 Å². The molecule has 8 nitrogen and oxygen atoms in total. The molecular formula is C27H45NO7. The second-order valence-corrected chi connectivity index (χ2v) is 12.7. The fraction of sp³-hybridized carbons (Fsp3) is 0.926. The molecule has 0 aliphatic heterocycles. The van der Waals surface area contributed by atoms with Crippen LogP contribution in [-0.4, -0.2) is 68.4 Å². The molecule has 1 amide bonds. The van der Waals surface area contributed by atoms with E-state index < -0.39 is 36.9 Å². The number of carbonyl (C=O) groups excluding carboxylic acids is 1. The third-order valence-electron chi connectivity index (χ3n) is 11.1. The monoisotopic (exact) mass is 495 g/mol. The highest BCUT2D eigenvalue weighted by atomic mass is 16.4. The van der Waals surface area contributed by atoms with Gasteiger partial charge in [-0.3, -0.25) is 4.79 Å². The number of hydrogen-bond acceptors (Lipinski definition) is 6. The van der Waals surface area contributed by atoms with Crippen LogP contribution in [0.25, 0.3) is 0 Å². The first-order valence-electron chi connectivity index (χ1n) is 13.6. The lowest BCUT2D eigenvalue weighted by Crippen LogP contribution is -2.64. The Morgan fingerprint density at radius 3 is 2.26 bits per heavy atom. The SMILES string of the molecule is C[C@H](CCC(=O)N[C@@H](CO)C(=O)O)[C@H]1CC[C@H]2[C@@H]3[C@H](O)[C@@H](O)[C@@H]4C[C@H](O)CC[C@]4(C)[C@H]3CC[C@]12C. The van der Waals surface area contributed by atoms with Crippen LogP contribution in [0.4, 0.5) is 0 Å². The minimum Gasteiger partial charge on any atom is -0.480 e. The number of carboxylic acid groups (broad SMARTS) is 1. The number of aliphatic carboxylic acids is 1. The molecule has 200 valence electrons. The summed E-state index contributed by atoms with van der Waals surface area (Å²) < 4.78 is 0. The predicted octanol–water partition coefficient (Wildman–Crippen LogP) is 1.93. The second kappa shape index (κ2) is 9.92. The van der Waals surface area contributed by atoms with Crippen molar-refractivity contribution < 1.29 is 35.1 Å². The standard InChI is InChI=1S/C27H45NO7/c1-14(4-7-21(31)28-20(13-29)25(34)35)16-5-6-17-22-18(9-11-26(16,17)2)27(3)10-8-15(30)12-19(27)23(32)24(22)33/h14-20,22-24,29-30,32-33H,4-13H2,1-3H3,(H,28,31)(H,34,35)/t14-,15-,16-,17+,18+,19+,20+,22+,23+,24+,26-,27-/m1/s1. The topological polar surface area (TPSA) is 147 Å². The van der Waals surface area contributed by atoms with Crippen molar-refractivity contribution in [3.63, 3.8) is 0 Å². The van der Waals surface area contributed by atoms with E-state index >= 15 is 0 Å². The zero-order chi connectivity index (χ0) is 25.7. The van der Waals surface area contributed by atoms with Crippen molar-refractivity contribution in [3.05, 3.63) is 0 Å². The van der Waals surface area contributed by atoms with E-state index in [4.69, 9.17) is 10.2 Å². The molecule has 6 N–H and O–H groups in total. The summed E-state index contributed by atoms with van der Waals surface area (Å²) in [5.74, 6) is -0.262. The number of aliphatic hydroxyl groups is 4. The maximum absolute atomic E-state index is 12.3. The van der Waals surface area contributed by atoms with Crippen LogP contribution in [0.15, 0.2) is 0 Å². The molecule has 4 rings (SSSR count). The van der Waals surface area contributed by atoms with E-state index in [0.29, 0.717) is 30.6 Å². The molecule has 35 heavy (non-hydrogen) atoms. The van der Waals surface area contributed by atoms with E-state index in [-0.39, 0.29) is 40.9 Å². The normalized spacial score (nSPS) is 46.6. The Balaban J connectivity index is 1.45. The van der Waals surface area contributed by atoms with Gasteiger partial charge in [-0.05, 0) is 97.7 Å². The van der Waals surface area contributed by atoms with Crippen molar-refractivity contribution in [1.29, 1.82) is 0 Å². The molecule has 4 aliphatic rings. The molecule has 0 radical (unpaired) electrons. The average molecular weight is 496 g/mol. The van der Waals surface area contributed by atoms with Gasteiger partial charge < -0.3 is 30.8 Å². The van der Waals surface area contributed by atoms with E-state index in [2.05, 4.69) is 26.1 Å². The Morgan fingerprint density at radius 1 is 0.943 bits per heavy atom. The van der Waals surface area contributed by atoms with Crippen LogP contribution in [0.3, 0.4) is 0 Å². The molecule has 0 aromatic heterocycles. The summed E-state index contributed by atoms with van der Waals surface area (Å²) in [6, 6.07) is -1.27. The van der Waals surface area contributed by atoms with Crippen molar-refractivity contribution in [2.45, 2.75) is 103 Å². The minimum atomic E-state index is -1.27. The van der Waals surface area contributed by atoms with Crippen molar-refractivity contribution in [2.24, 2.45) is 46.3 Å². The van der Waals surface area contributed by atoms with Gasteiger partial charge in [0.25, 0.3) is 0 Å². The number of amides is 1. The number of fused-ring (bicyclic) bond motifs is 5.